The summed E-state index contributed by atoms with van der Waals surface area (Å²) in [7, 11) is 11.0. The molecule has 8 aromatic carbocycles. The van der Waals surface area contributed by atoms with Crippen LogP contribution in [0.25, 0.3) is 10.9 Å². The van der Waals surface area contributed by atoms with Crippen LogP contribution in [-0.4, -0.2) is 202 Å². The van der Waals surface area contributed by atoms with E-state index in [0.717, 1.165) is 30.4 Å². The quantitative estimate of drug-likeness (QED) is 0.0189. The minimum absolute atomic E-state index is 0.0565. The van der Waals surface area contributed by atoms with Gasteiger partial charge in [-0.2, -0.15) is 0 Å². The number of aromatic amines is 1. The molecule has 4 aliphatic rings. The molecule has 13 rings (SSSR count). The van der Waals surface area contributed by atoms with E-state index in [1.54, 1.807) is 70.9 Å². The number of benzene rings is 8. The lowest BCUT2D eigenvalue weighted by molar-refractivity contribution is 0.0581. The van der Waals surface area contributed by atoms with Gasteiger partial charge in [-0.1, -0.05) is 31.9 Å². The van der Waals surface area contributed by atoms with E-state index in [0.29, 0.717) is 180 Å². The van der Waals surface area contributed by atoms with Crippen molar-refractivity contribution < 1.29 is 121 Å². The van der Waals surface area contributed by atoms with Gasteiger partial charge in [0.25, 0.3) is 0 Å². The molecule has 120 heavy (non-hydrogen) atoms. The molecule has 4 aliphatic heterocycles. The Morgan fingerprint density at radius 3 is 1.12 bits per heavy atom. The van der Waals surface area contributed by atoms with Gasteiger partial charge in [-0.05, 0) is 97.1 Å². The number of fused-ring (bicyclic) bond motifs is 1. The van der Waals surface area contributed by atoms with Crippen molar-refractivity contribution in [1.82, 2.24) is 4.98 Å². The van der Waals surface area contributed by atoms with Crippen molar-refractivity contribution >= 4 is 118 Å². The predicted octanol–water partition coefficient (Wildman–Crippen LogP) is 12.0. The van der Waals surface area contributed by atoms with E-state index in [1.807, 2.05) is 37.8 Å². The molecule has 0 radical (unpaired) electrons. The van der Waals surface area contributed by atoms with E-state index in [1.165, 1.54) is 57.7 Å². The molecule has 0 amide bonds. The van der Waals surface area contributed by atoms with Crippen LogP contribution in [0.15, 0.2) is 132 Å². The van der Waals surface area contributed by atoms with Crippen molar-refractivity contribution in [3.8, 4) is 23.0 Å². The highest BCUT2D eigenvalue weighted by Gasteiger charge is 2.27. The molecule has 0 unspecified atom stereocenters. The molecular formula is C81H86Br2F7N9O21. The van der Waals surface area contributed by atoms with Crippen LogP contribution in [0.5, 0.6) is 23.0 Å². The molecule has 4 fully saturated rings. The van der Waals surface area contributed by atoms with Gasteiger partial charge in [-0.15, -0.1) is 0 Å². The van der Waals surface area contributed by atoms with Crippen molar-refractivity contribution in [3.63, 3.8) is 0 Å². The lowest BCUT2D eigenvalue weighted by Crippen LogP contribution is -2.36. The number of carbonyl (C=O) groups is 5. The first-order chi connectivity index (χ1) is 57.5. The fourth-order valence-corrected chi connectivity index (χ4v) is 13.1. The van der Waals surface area contributed by atoms with E-state index in [-0.39, 0.29) is 43.4 Å². The summed E-state index contributed by atoms with van der Waals surface area (Å²) in [5, 5.41) is 14.8. The number of rotatable bonds is 19. The molecule has 644 valence electrons. The maximum atomic E-state index is 14.8. The second-order valence-corrected chi connectivity index (χ2v) is 27.4. The Hall–Kier alpha value is -12.0. The van der Waals surface area contributed by atoms with Crippen LogP contribution >= 0.6 is 31.9 Å². The number of aromatic carboxylic acids is 1. The zero-order chi connectivity index (χ0) is 87.4. The summed E-state index contributed by atoms with van der Waals surface area (Å²) in [6, 6.07) is 27.1. The number of carboxylic acids is 1. The highest BCUT2D eigenvalue weighted by molar-refractivity contribution is 9.10. The lowest BCUT2D eigenvalue weighted by atomic mass is 10.1. The van der Waals surface area contributed by atoms with Crippen LogP contribution in [0, 0.1) is 40.7 Å². The highest BCUT2D eigenvalue weighted by atomic mass is 79.9. The van der Waals surface area contributed by atoms with Gasteiger partial charge in [0.05, 0.1) is 138 Å². The summed E-state index contributed by atoms with van der Waals surface area (Å²) in [5.74, 6) is -8.30. The molecule has 9 aromatic rings. The van der Waals surface area contributed by atoms with E-state index >= 15 is 0 Å². The van der Waals surface area contributed by atoms with Crippen LogP contribution < -0.4 is 72.0 Å². The summed E-state index contributed by atoms with van der Waals surface area (Å²) in [6.07, 6.45) is 0. The largest absolute Gasteiger partial charge is 0.497 e. The lowest BCUT2D eigenvalue weighted by Gasteiger charge is -2.29. The maximum absolute atomic E-state index is 14.8. The van der Waals surface area contributed by atoms with Gasteiger partial charge >= 0.3 is 41.2 Å². The number of anilines is 8. The highest BCUT2D eigenvalue weighted by Crippen LogP contribution is 2.35. The molecule has 30 nitrogen and oxygen atoms in total. The number of ether oxygens (including phenoxy) is 12. The Bertz CT molecular complexity index is 5160. The Morgan fingerprint density at radius 1 is 0.417 bits per heavy atom. The van der Waals surface area contributed by atoms with E-state index < -0.39 is 93.1 Å². The second kappa shape index (κ2) is 45.2. The number of nitrogens with one attached hydrogen (secondary N) is 3. The fraction of sp³-hybridized carbons (Fsp3) is 0.321. The Labute approximate surface area is 699 Å². The molecule has 5 heterocycles. The molecule has 4 saturated heterocycles. The van der Waals surface area contributed by atoms with Crippen LogP contribution in [0.2, 0.25) is 0 Å². The molecule has 1 aromatic heterocycles. The van der Waals surface area contributed by atoms with Gasteiger partial charge in [0.2, 0.25) is 0 Å². The molecule has 0 bridgehead atoms. The number of nitrogen functional groups attached to an aromatic ring is 2. The van der Waals surface area contributed by atoms with Crippen LogP contribution in [0.4, 0.5) is 76.2 Å². The van der Waals surface area contributed by atoms with Crippen molar-refractivity contribution in [2.24, 2.45) is 0 Å². The molecule has 8 N–H and O–H groups in total. The summed E-state index contributed by atoms with van der Waals surface area (Å²) in [6.45, 7) is 10.5. The molecule has 0 spiro atoms. The smallest absolute Gasteiger partial charge is 0.419 e. The Morgan fingerprint density at radius 2 is 0.742 bits per heavy atom. The Kier molecular flexibility index (Phi) is 35.2. The summed E-state index contributed by atoms with van der Waals surface area (Å²) in [4.78, 5) is 89.7. The molecule has 0 aliphatic carbocycles. The van der Waals surface area contributed by atoms with Crippen molar-refractivity contribution in [2.45, 2.75) is 13.1 Å². The number of nitrogens with zero attached hydrogens (tertiary/aromatic N) is 4. The summed E-state index contributed by atoms with van der Waals surface area (Å²) < 4.78 is 162. The number of hydrogen-bond acceptors (Lipinski definition) is 28. The third-order valence-corrected chi connectivity index (χ3v) is 19.2. The van der Waals surface area contributed by atoms with Crippen LogP contribution in [0.1, 0.15) is 62.9 Å². The van der Waals surface area contributed by atoms with Crippen molar-refractivity contribution in [1.29, 1.82) is 0 Å². The first-order valence-electron chi connectivity index (χ1n) is 36.3. The minimum atomic E-state index is -1.35. The number of carboxylic acid groups (broad SMARTS) is 1. The number of methoxy groups -OCH3 is 8. The number of nitrogens with two attached hydrogens (primary N) is 2. The molecule has 0 atom stereocenters. The third kappa shape index (κ3) is 25.0. The predicted molar refractivity (Wildman–Crippen MR) is 437 cm³/mol. The molecule has 0 saturated carbocycles. The molecular weight excluding hydrogens is 1730 g/mol. The standard InChI is InChI=1S/C21H25FN2O5.C17H17BrFNO4.C12H11FN2O4.C12H15FN2O3.C11H13FN2O3.C8H5BrF2O2/c1-26-16-5-4-14(19(12-16)27-2)13-23-18-11-15(24-6-8-29-9-7-24)10-17(22)20(18)21(25)28-3;1-22-12-5-4-10(15(8-12)23-2)9-20-14-7-11(18)6-13(19)16(14)17(21)24-3;13-8-5-7(15-1-3-18-4-2-15)6-9-10(8)11(16)19-12(17)14-9;1-17-12(16)11-9(13)6-8(7-10(11)14)15-2-4-18-5-3-15;12-8-5-7(14-1-3-17-4-2-14)6-9(13)10(8)11(15)16;1-13-8(12)7-5(10)2-4(9)3-6(7)11/h4-5,10-12,23H,6-9,13H2,1-3H3;4-8,20H,9H2,1-3H3;5-6H,1-4H2,(H,14,17);6-7H,2-5,14H2,1H3;5-6H,1-4,13H2,(H,15,16);2-3H,1H3. The second-order valence-electron chi connectivity index (χ2n) is 25.6. The van der Waals surface area contributed by atoms with Gasteiger partial charge in [-0.25, -0.2) is 64.3 Å². The van der Waals surface area contributed by atoms with Gasteiger partial charge in [0, 0.05) is 120 Å². The number of morpholine rings is 4. The van der Waals surface area contributed by atoms with E-state index in [2.05, 4.69) is 66.1 Å². The number of esters is 4. The number of H-pyrrole nitrogens is 1. The number of halogens is 9. The topological polar surface area (TPSA) is 368 Å². The number of carbonyl (C=O) groups excluding carboxylic acids is 4. The van der Waals surface area contributed by atoms with Crippen LogP contribution in [-0.2, 0) is 51.0 Å². The average Bonchev–Trinajstić information content (AvgIpc) is 0.781. The summed E-state index contributed by atoms with van der Waals surface area (Å²) in [5.41, 5.74) is 13.7. The summed E-state index contributed by atoms with van der Waals surface area (Å²) >= 11 is 6.10. The SMILES string of the molecule is COC(=O)c1c(F)cc(Br)cc1F.COC(=O)c1c(F)cc(Br)cc1NCc1ccc(OC)cc1OC.COC(=O)c1c(F)cc(N2CCOCC2)cc1NCc1ccc(OC)cc1OC.COC(=O)c1c(N)cc(N2CCOCC2)cc1F.Nc1cc(N2CCOCC2)cc(F)c1C(=O)O.O=c1[nH]c2cc(N3CCOCC3)cc(F)c2c(=O)o1. The normalized spacial score (nSPS) is 13.5. The zero-order valence-corrected chi connectivity index (χ0v) is 69.2. The third-order valence-electron chi connectivity index (χ3n) is 18.3. The molecule has 39 heteroatoms. The van der Waals surface area contributed by atoms with Crippen molar-refractivity contribution in [3.05, 3.63) is 219 Å². The fourth-order valence-electron chi connectivity index (χ4n) is 12.2. The number of aromatic nitrogens is 1. The first kappa shape index (κ1) is 93.5. The van der Waals surface area contributed by atoms with Gasteiger partial charge in [0.1, 0.15) is 96.9 Å². The maximum Gasteiger partial charge on any atom is 0.419 e. The van der Waals surface area contributed by atoms with Crippen molar-refractivity contribution in [2.75, 3.05) is 204 Å². The average molecular weight is 1810 g/mol. The van der Waals surface area contributed by atoms with Crippen LogP contribution in [0.3, 0.4) is 0 Å². The zero-order valence-electron chi connectivity index (χ0n) is 66.1. The first-order valence-corrected chi connectivity index (χ1v) is 37.9. The van der Waals surface area contributed by atoms with Gasteiger partial charge in [0.15, 0.2) is 0 Å². The minimum Gasteiger partial charge on any atom is -0.497 e. The van der Waals surface area contributed by atoms with Gasteiger partial charge in [-0.3, -0.25) is 4.98 Å². The Balaban J connectivity index is 0.000000182. The van der Waals surface area contributed by atoms with Gasteiger partial charge < -0.3 is 108 Å². The number of hydrogen-bond donors (Lipinski definition) is 6. The van der Waals surface area contributed by atoms with E-state index in [9.17, 15) is 64.3 Å². The monoisotopic (exact) mass is 1810 g/mol. The van der Waals surface area contributed by atoms with E-state index in [4.69, 9.17) is 59.2 Å².